The maximum Gasteiger partial charge on any atom is 0.305 e. The van der Waals surface area contributed by atoms with Crippen molar-refractivity contribution in [3.8, 4) is 0 Å². The monoisotopic (exact) mass is 189 g/mol. The first-order chi connectivity index (χ1) is 5.65. The summed E-state index contributed by atoms with van der Waals surface area (Å²) in [6.07, 6.45) is 0. The van der Waals surface area contributed by atoms with Crippen LogP contribution in [0.5, 0.6) is 0 Å². The number of halogens is 1. The lowest BCUT2D eigenvalue weighted by molar-refractivity contribution is -0.387. The van der Waals surface area contributed by atoms with E-state index < -0.39 is 16.4 Å². The first-order valence-electron chi connectivity index (χ1n) is 2.90. The molecule has 0 amide bonds. The Kier molecular flexibility index (Phi) is 2.61. The van der Waals surface area contributed by atoms with Gasteiger partial charge in [-0.3, -0.25) is 10.1 Å². The highest BCUT2D eigenvalue weighted by Gasteiger charge is 2.13. The Labute approximate surface area is 71.4 Å². The minimum Gasteiger partial charge on any atom is -0.325 e. The maximum atomic E-state index is 12.6. The van der Waals surface area contributed by atoms with Crippen LogP contribution in [0.15, 0.2) is 23.1 Å². The molecule has 0 saturated carbocycles. The van der Waals surface area contributed by atoms with Crippen LogP contribution in [0, 0.1) is 15.9 Å². The van der Waals surface area contributed by atoms with Gasteiger partial charge >= 0.3 is 5.69 Å². The fraction of sp³-hybridized carbons (Fsp3) is 0. The number of rotatable bonds is 2. The average molecular weight is 189 g/mol. The molecule has 12 heavy (non-hydrogen) atoms. The second-order valence-corrected chi connectivity index (χ2v) is 2.62. The van der Waals surface area contributed by atoms with Crippen molar-refractivity contribution in [2.45, 2.75) is 4.90 Å². The van der Waals surface area contributed by atoms with Crippen LogP contribution in [0.3, 0.4) is 0 Å². The Bertz CT molecular complexity index is 318. The molecule has 6 heteroatoms. The second-order valence-electron chi connectivity index (χ2n) is 1.96. The SMILES string of the molecule is O=[N+]([O-])c1cc(SO)ccc1F. The van der Waals surface area contributed by atoms with Crippen LogP contribution < -0.4 is 0 Å². The van der Waals surface area contributed by atoms with Crippen molar-refractivity contribution in [1.29, 1.82) is 0 Å². The van der Waals surface area contributed by atoms with Crippen LogP contribution in [0.1, 0.15) is 0 Å². The summed E-state index contributed by atoms with van der Waals surface area (Å²) < 4.78 is 21.1. The Morgan fingerprint density at radius 3 is 2.75 bits per heavy atom. The van der Waals surface area contributed by atoms with E-state index in [1.165, 1.54) is 6.07 Å². The third-order valence-corrected chi connectivity index (χ3v) is 1.68. The number of nitro benzene ring substituents is 1. The standard InChI is InChI=1S/C6H4FNO3S/c7-5-2-1-4(12-11)3-6(5)8(9)10/h1-3,11H. The van der Waals surface area contributed by atoms with Crippen molar-refractivity contribution in [3.63, 3.8) is 0 Å². The first-order valence-corrected chi connectivity index (χ1v) is 3.68. The summed E-state index contributed by atoms with van der Waals surface area (Å²) in [5.74, 6) is -0.905. The van der Waals surface area contributed by atoms with Gasteiger partial charge in [0.25, 0.3) is 0 Å². The Morgan fingerprint density at radius 2 is 2.25 bits per heavy atom. The Hall–Kier alpha value is -1.14. The summed E-state index contributed by atoms with van der Waals surface area (Å²) in [5.41, 5.74) is -0.631. The molecule has 0 aliphatic carbocycles. The molecule has 1 N–H and O–H groups in total. The molecule has 0 bridgehead atoms. The van der Waals surface area contributed by atoms with E-state index in [1.54, 1.807) is 0 Å². The molecule has 0 aliphatic rings. The van der Waals surface area contributed by atoms with Crippen LogP contribution >= 0.6 is 12.0 Å². The van der Waals surface area contributed by atoms with Gasteiger partial charge in [0.1, 0.15) is 0 Å². The van der Waals surface area contributed by atoms with Crippen LogP contribution in [0.25, 0.3) is 0 Å². The van der Waals surface area contributed by atoms with Gasteiger partial charge in [0.2, 0.25) is 5.82 Å². The highest BCUT2D eigenvalue weighted by Crippen LogP contribution is 2.23. The third-order valence-electron chi connectivity index (χ3n) is 1.22. The van der Waals surface area contributed by atoms with Gasteiger partial charge in [-0.25, -0.2) is 0 Å². The van der Waals surface area contributed by atoms with Crippen LogP contribution in [0.2, 0.25) is 0 Å². The molecule has 1 rings (SSSR count). The zero-order valence-electron chi connectivity index (χ0n) is 5.73. The number of benzene rings is 1. The van der Waals surface area contributed by atoms with E-state index in [0.29, 0.717) is 12.0 Å². The van der Waals surface area contributed by atoms with Gasteiger partial charge < -0.3 is 4.55 Å². The van der Waals surface area contributed by atoms with Crippen molar-refractivity contribution in [3.05, 3.63) is 34.1 Å². The summed E-state index contributed by atoms with van der Waals surface area (Å²) in [6.45, 7) is 0. The fourth-order valence-electron chi connectivity index (χ4n) is 0.689. The summed E-state index contributed by atoms with van der Waals surface area (Å²) in [7, 11) is 0. The van der Waals surface area contributed by atoms with Gasteiger partial charge in [-0.15, -0.1) is 0 Å². The van der Waals surface area contributed by atoms with E-state index in [-0.39, 0.29) is 4.90 Å². The molecule has 0 heterocycles. The van der Waals surface area contributed by atoms with Crippen molar-refractivity contribution >= 4 is 17.7 Å². The number of nitrogens with zero attached hydrogens (tertiary/aromatic N) is 1. The molecule has 0 saturated heterocycles. The summed E-state index contributed by atoms with van der Waals surface area (Å²) >= 11 is 0.338. The van der Waals surface area contributed by atoms with E-state index >= 15 is 0 Å². The molecular weight excluding hydrogens is 185 g/mol. The lowest BCUT2D eigenvalue weighted by Gasteiger charge is -1.95. The van der Waals surface area contributed by atoms with Crippen molar-refractivity contribution < 1.29 is 13.9 Å². The summed E-state index contributed by atoms with van der Waals surface area (Å²) in [6, 6.07) is 3.17. The van der Waals surface area contributed by atoms with E-state index in [0.717, 1.165) is 12.1 Å². The number of nitro groups is 1. The van der Waals surface area contributed by atoms with Gasteiger partial charge in [0, 0.05) is 23.0 Å². The molecule has 1 aromatic carbocycles. The minimum atomic E-state index is -0.905. The van der Waals surface area contributed by atoms with Gasteiger partial charge in [-0.05, 0) is 12.1 Å². The molecular formula is C6H4FNO3S. The van der Waals surface area contributed by atoms with Gasteiger partial charge in [0.15, 0.2) is 0 Å². The normalized spacial score (nSPS) is 9.83. The predicted molar refractivity (Wildman–Crippen MR) is 41.5 cm³/mol. The zero-order valence-corrected chi connectivity index (χ0v) is 6.55. The molecule has 0 aliphatic heterocycles. The van der Waals surface area contributed by atoms with Gasteiger partial charge in [0.05, 0.1) is 4.92 Å². The molecule has 4 nitrogen and oxygen atoms in total. The van der Waals surface area contributed by atoms with Crippen molar-refractivity contribution in [2.75, 3.05) is 0 Å². The molecule has 0 radical (unpaired) electrons. The maximum absolute atomic E-state index is 12.6. The second kappa shape index (κ2) is 3.51. The fourth-order valence-corrected chi connectivity index (χ4v) is 0.982. The summed E-state index contributed by atoms with van der Waals surface area (Å²) in [5, 5.41) is 10.2. The van der Waals surface area contributed by atoms with Crippen LogP contribution in [0.4, 0.5) is 10.1 Å². The van der Waals surface area contributed by atoms with E-state index in [4.69, 9.17) is 4.55 Å². The summed E-state index contributed by atoms with van der Waals surface area (Å²) in [4.78, 5) is 9.57. The quantitative estimate of drug-likeness (QED) is 0.440. The average Bonchev–Trinajstić information content (AvgIpc) is 2.05. The zero-order chi connectivity index (χ0) is 9.14. The molecule has 64 valence electrons. The smallest absolute Gasteiger partial charge is 0.305 e. The highest BCUT2D eigenvalue weighted by atomic mass is 32.2. The minimum absolute atomic E-state index is 0.239. The molecule has 1 aromatic rings. The highest BCUT2D eigenvalue weighted by molar-refractivity contribution is 7.93. The Balaban J connectivity index is 3.17. The van der Waals surface area contributed by atoms with E-state index in [1.807, 2.05) is 0 Å². The lowest BCUT2D eigenvalue weighted by atomic mass is 10.3. The van der Waals surface area contributed by atoms with E-state index in [2.05, 4.69) is 0 Å². The topological polar surface area (TPSA) is 63.4 Å². The molecule has 0 atom stereocenters. The molecule has 0 fully saturated rings. The van der Waals surface area contributed by atoms with Crippen molar-refractivity contribution in [1.82, 2.24) is 0 Å². The van der Waals surface area contributed by atoms with E-state index in [9.17, 15) is 14.5 Å². The van der Waals surface area contributed by atoms with Gasteiger partial charge in [-0.2, -0.15) is 4.39 Å². The largest absolute Gasteiger partial charge is 0.325 e. The number of hydrogen-bond acceptors (Lipinski definition) is 4. The molecule has 0 spiro atoms. The number of hydrogen-bond donors (Lipinski definition) is 1. The van der Waals surface area contributed by atoms with Gasteiger partial charge in [-0.1, -0.05) is 0 Å². The van der Waals surface area contributed by atoms with Crippen LogP contribution in [-0.2, 0) is 0 Å². The first kappa shape index (κ1) is 8.95. The van der Waals surface area contributed by atoms with Crippen LogP contribution in [-0.4, -0.2) is 9.48 Å². The predicted octanol–water partition coefficient (Wildman–Crippen LogP) is 2.30. The third kappa shape index (κ3) is 1.72. The molecule has 0 aromatic heterocycles. The Morgan fingerprint density at radius 1 is 1.58 bits per heavy atom. The van der Waals surface area contributed by atoms with Crippen molar-refractivity contribution in [2.24, 2.45) is 0 Å². The lowest BCUT2D eigenvalue weighted by Crippen LogP contribution is -1.91. The molecule has 0 unspecified atom stereocenters.